The van der Waals surface area contributed by atoms with Crippen molar-refractivity contribution in [3.8, 4) is 0 Å². The van der Waals surface area contributed by atoms with E-state index in [1.807, 2.05) is 26.5 Å². The minimum absolute atomic E-state index is 0.321. The lowest BCUT2D eigenvalue weighted by molar-refractivity contribution is 0.178. The lowest BCUT2D eigenvalue weighted by Gasteiger charge is -2.34. The van der Waals surface area contributed by atoms with Gasteiger partial charge in [-0.05, 0) is 26.1 Å². The highest BCUT2D eigenvalue weighted by Crippen LogP contribution is 2.23. The highest BCUT2D eigenvalue weighted by Gasteiger charge is 2.24. The first-order valence-electron chi connectivity index (χ1n) is 7.56. The maximum atomic E-state index is 4.43. The van der Waals surface area contributed by atoms with Crippen LogP contribution in [0.2, 0.25) is 0 Å². The summed E-state index contributed by atoms with van der Waals surface area (Å²) in [5, 5.41) is 3.48. The van der Waals surface area contributed by atoms with E-state index in [1.54, 1.807) is 0 Å². The fourth-order valence-corrected chi connectivity index (χ4v) is 2.93. The molecule has 1 N–H and O–H groups in total. The van der Waals surface area contributed by atoms with Crippen molar-refractivity contribution in [2.24, 2.45) is 7.05 Å². The average molecular weight is 286 g/mol. The molecular weight excluding hydrogens is 260 g/mol. The molecule has 0 amide bonds. The Morgan fingerprint density at radius 1 is 1.29 bits per heavy atom. The third-order valence-electron chi connectivity index (χ3n) is 4.15. The Morgan fingerprint density at radius 3 is 2.52 bits per heavy atom. The van der Waals surface area contributed by atoms with Crippen LogP contribution in [0, 0.1) is 0 Å². The van der Waals surface area contributed by atoms with E-state index in [1.165, 1.54) is 5.56 Å². The molecule has 2 unspecified atom stereocenters. The molecule has 2 rings (SSSR count). The van der Waals surface area contributed by atoms with Crippen molar-refractivity contribution >= 4 is 0 Å². The summed E-state index contributed by atoms with van der Waals surface area (Å²) in [6.45, 7) is 3.10. The van der Waals surface area contributed by atoms with E-state index >= 15 is 0 Å². The molecule has 1 aromatic carbocycles. The van der Waals surface area contributed by atoms with E-state index in [2.05, 4.69) is 64.1 Å². The molecule has 2 atom stereocenters. The van der Waals surface area contributed by atoms with Crippen LogP contribution in [0.3, 0.4) is 0 Å². The van der Waals surface area contributed by atoms with Crippen molar-refractivity contribution in [2.45, 2.75) is 32.0 Å². The van der Waals surface area contributed by atoms with Crippen molar-refractivity contribution in [1.82, 2.24) is 19.8 Å². The molecule has 0 bridgehead atoms. The van der Waals surface area contributed by atoms with E-state index in [4.69, 9.17) is 0 Å². The van der Waals surface area contributed by atoms with Crippen LogP contribution in [0.15, 0.2) is 42.7 Å². The number of rotatable bonds is 7. The van der Waals surface area contributed by atoms with Crippen molar-refractivity contribution in [3.63, 3.8) is 0 Å². The van der Waals surface area contributed by atoms with Gasteiger partial charge in [0.1, 0.15) is 5.82 Å². The Morgan fingerprint density at radius 2 is 2.00 bits per heavy atom. The summed E-state index contributed by atoms with van der Waals surface area (Å²) in [6.07, 6.45) is 4.94. The standard InChI is InChI=1S/C17H26N4/c1-5-15(17(18-2)14-9-7-6-8-10-14)21(4)13-16-19-11-12-20(16)3/h6-12,15,17-18H,5,13H2,1-4H3. The van der Waals surface area contributed by atoms with Crippen molar-refractivity contribution < 1.29 is 0 Å². The molecule has 1 aromatic heterocycles. The topological polar surface area (TPSA) is 33.1 Å². The summed E-state index contributed by atoms with van der Waals surface area (Å²) in [6, 6.07) is 11.4. The predicted molar refractivity (Wildman–Crippen MR) is 87.0 cm³/mol. The molecule has 0 aliphatic heterocycles. The van der Waals surface area contributed by atoms with E-state index in [0.29, 0.717) is 12.1 Å². The van der Waals surface area contributed by atoms with Gasteiger partial charge < -0.3 is 9.88 Å². The first-order valence-corrected chi connectivity index (χ1v) is 7.56. The van der Waals surface area contributed by atoms with Crippen LogP contribution in [-0.2, 0) is 13.6 Å². The summed E-state index contributed by atoms with van der Waals surface area (Å²) in [5.41, 5.74) is 1.33. The number of hydrogen-bond acceptors (Lipinski definition) is 3. The van der Waals surface area contributed by atoms with Gasteiger partial charge in [-0.25, -0.2) is 4.98 Å². The Balaban J connectivity index is 2.15. The number of aromatic nitrogens is 2. The SMILES string of the molecule is CCC(C(NC)c1ccccc1)N(C)Cc1nccn1C. The van der Waals surface area contributed by atoms with Crippen LogP contribution in [0.1, 0.15) is 30.8 Å². The quantitative estimate of drug-likeness (QED) is 0.849. The first-order chi connectivity index (χ1) is 10.2. The number of hydrogen-bond donors (Lipinski definition) is 1. The fourth-order valence-electron chi connectivity index (χ4n) is 2.93. The molecular formula is C17H26N4. The molecule has 0 saturated carbocycles. The smallest absolute Gasteiger partial charge is 0.122 e. The average Bonchev–Trinajstić information content (AvgIpc) is 2.90. The summed E-state index contributed by atoms with van der Waals surface area (Å²) in [4.78, 5) is 6.82. The third-order valence-corrected chi connectivity index (χ3v) is 4.15. The third kappa shape index (κ3) is 3.71. The molecule has 2 aromatic rings. The van der Waals surface area contributed by atoms with Crippen molar-refractivity contribution in [3.05, 3.63) is 54.1 Å². The van der Waals surface area contributed by atoms with Crippen LogP contribution in [-0.4, -0.2) is 34.6 Å². The van der Waals surface area contributed by atoms with Crippen molar-refractivity contribution in [2.75, 3.05) is 14.1 Å². The molecule has 0 saturated heterocycles. The Labute approximate surface area is 127 Å². The minimum Gasteiger partial charge on any atom is -0.337 e. The second kappa shape index (κ2) is 7.38. The molecule has 0 aliphatic rings. The second-order valence-corrected chi connectivity index (χ2v) is 5.52. The van der Waals surface area contributed by atoms with Gasteiger partial charge in [-0.15, -0.1) is 0 Å². The van der Waals surface area contributed by atoms with E-state index < -0.39 is 0 Å². The molecule has 0 radical (unpaired) electrons. The zero-order valence-electron chi connectivity index (χ0n) is 13.5. The fraction of sp³-hybridized carbons (Fsp3) is 0.471. The van der Waals surface area contributed by atoms with E-state index in [0.717, 1.165) is 18.8 Å². The van der Waals surface area contributed by atoms with Crippen molar-refractivity contribution in [1.29, 1.82) is 0 Å². The van der Waals surface area contributed by atoms with Gasteiger partial charge in [0.05, 0.1) is 6.54 Å². The van der Waals surface area contributed by atoms with Crippen LogP contribution in [0.4, 0.5) is 0 Å². The molecule has 114 valence electrons. The first kappa shape index (κ1) is 15.7. The van der Waals surface area contributed by atoms with Gasteiger partial charge in [0.2, 0.25) is 0 Å². The van der Waals surface area contributed by atoms with Crippen LogP contribution in [0.25, 0.3) is 0 Å². The molecule has 4 heteroatoms. The number of nitrogens with one attached hydrogen (secondary N) is 1. The largest absolute Gasteiger partial charge is 0.337 e. The number of aryl methyl sites for hydroxylation is 1. The number of likely N-dealkylation sites (N-methyl/N-ethyl adjacent to an activating group) is 2. The van der Waals surface area contributed by atoms with Crippen LogP contribution >= 0.6 is 0 Å². The Bertz CT molecular complexity index is 535. The monoisotopic (exact) mass is 286 g/mol. The molecule has 0 aliphatic carbocycles. The predicted octanol–water partition coefficient (Wildman–Crippen LogP) is 2.59. The van der Waals surface area contributed by atoms with E-state index in [-0.39, 0.29) is 0 Å². The van der Waals surface area contributed by atoms with Gasteiger partial charge in [0.25, 0.3) is 0 Å². The Hall–Kier alpha value is -1.65. The summed E-state index contributed by atoms with van der Waals surface area (Å²) in [5.74, 6) is 1.10. The lowest BCUT2D eigenvalue weighted by atomic mass is 9.96. The van der Waals surface area contributed by atoms with Gasteiger partial charge in [-0.3, -0.25) is 4.90 Å². The Kier molecular flexibility index (Phi) is 5.53. The highest BCUT2D eigenvalue weighted by atomic mass is 15.2. The van der Waals surface area contributed by atoms with Crippen LogP contribution < -0.4 is 5.32 Å². The summed E-state index contributed by atoms with van der Waals surface area (Å²) < 4.78 is 2.08. The van der Waals surface area contributed by atoms with Gasteiger partial charge in [0.15, 0.2) is 0 Å². The zero-order valence-corrected chi connectivity index (χ0v) is 13.5. The number of benzene rings is 1. The van der Waals surface area contributed by atoms with E-state index in [9.17, 15) is 0 Å². The number of nitrogens with zero attached hydrogens (tertiary/aromatic N) is 3. The lowest BCUT2D eigenvalue weighted by Crippen LogP contribution is -2.41. The molecule has 4 nitrogen and oxygen atoms in total. The second-order valence-electron chi connectivity index (χ2n) is 5.52. The highest BCUT2D eigenvalue weighted by molar-refractivity contribution is 5.20. The number of imidazole rings is 1. The van der Waals surface area contributed by atoms with Crippen LogP contribution in [0.5, 0.6) is 0 Å². The summed E-state index contributed by atoms with van der Waals surface area (Å²) in [7, 11) is 6.26. The summed E-state index contributed by atoms with van der Waals surface area (Å²) >= 11 is 0. The minimum atomic E-state index is 0.321. The zero-order chi connectivity index (χ0) is 15.2. The maximum Gasteiger partial charge on any atom is 0.122 e. The van der Waals surface area contributed by atoms with Gasteiger partial charge >= 0.3 is 0 Å². The van der Waals surface area contributed by atoms with Gasteiger partial charge in [0, 0.05) is 31.5 Å². The molecule has 0 spiro atoms. The normalized spacial score (nSPS) is 14.3. The molecule has 0 fully saturated rings. The van der Waals surface area contributed by atoms with Gasteiger partial charge in [-0.2, -0.15) is 0 Å². The van der Waals surface area contributed by atoms with Gasteiger partial charge in [-0.1, -0.05) is 37.3 Å². The maximum absolute atomic E-state index is 4.43. The molecule has 21 heavy (non-hydrogen) atoms. The molecule has 1 heterocycles.